The van der Waals surface area contributed by atoms with E-state index in [1.54, 1.807) is 0 Å². The van der Waals surface area contributed by atoms with Crippen LogP contribution in [0.3, 0.4) is 0 Å². The van der Waals surface area contributed by atoms with Gasteiger partial charge in [-0.3, -0.25) is 0 Å². The molecule has 0 unspecified atom stereocenters. The summed E-state index contributed by atoms with van der Waals surface area (Å²) >= 11 is -1.42. The summed E-state index contributed by atoms with van der Waals surface area (Å²) in [4.78, 5) is 0. The minimum atomic E-state index is -1.99. The van der Waals surface area contributed by atoms with Gasteiger partial charge in [0.25, 0.3) is 0 Å². The Hall–Kier alpha value is -0.596. The summed E-state index contributed by atoms with van der Waals surface area (Å²) < 4.78 is 15.3. The average Bonchev–Trinajstić information content (AvgIpc) is 3.36. The minimum absolute atomic E-state index is 0. The monoisotopic (exact) mass is 796 g/mol. The van der Waals surface area contributed by atoms with Crippen LogP contribution in [0.4, 0.5) is 0 Å². The number of rotatable bonds is 12. The van der Waals surface area contributed by atoms with Gasteiger partial charge in [0, 0.05) is 0 Å². The Kier molecular flexibility index (Phi) is 12.5. The van der Waals surface area contributed by atoms with Gasteiger partial charge >= 0.3 is 254 Å². The Morgan fingerprint density at radius 2 is 0.976 bits per heavy atom. The molecular weight excluding hydrogens is 746 g/mol. The molecule has 0 heterocycles. The van der Waals surface area contributed by atoms with Crippen molar-refractivity contribution in [3.8, 4) is 0 Å². The van der Waals surface area contributed by atoms with Gasteiger partial charge in [-0.25, -0.2) is 0 Å². The molecule has 0 aromatic heterocycles. The number of fused-ring (bicyclic) bond motifs is 2. The Labute approximate surface area is 276 Å². The van der Waals surface area contributed by atoms with Crippen molar-refractivity contribution in [1.82, 2.24) is 0 Å². The summed E-state index contributed by atoms with van der Waals surface area (Å²) in [6.07, 6.45) is 9.60. The molecule has 2 aromatic carbocycles. The fraction of sp³-hybridized carbons (Fsp3) is 0.529. The van der Waals surface area contributed by atoms with Crippen LogP contribution in [0.25, 0.3) is 12.2 Å². The molecular formula is C34H50Cl2HfO2Si2. The van der Waals surface area contributed by atoms with Gasteiger partial charge in [-0.05, 0) is 0 Å². The molecule has 224 valence electrons. The van der Waals surface area contributed by atoms with Crippen molar-refractivity contribution in [3.05, 3.63) is 82.3 Å². The van der Waals surface area contributed by atoms with Gasteiger partial charge in [0.1, 0.15) is 0 Å². The number of hydrogen-bond acceptors (Lipinski definition) is 2. The Morgan fingerprint density at radius 1 is 0.634 bits per heavy atom. The van der Waals surface area contributed by atoms with Crippen molar-refractivity contribution in [3.63, 3.8) is 0 Å². The number of halogens is 2. The smallest absolute Gasteiger partial charge is 1.00 e. The van der Waals surface area contributed by atoms with Gasteiger partial charge in [-0.15, -0.1) is 0 Å². The second-order valence-electron chi connectivity index (χ2n) is 13.9. The van der Waals surface area contributed by atoms with Gasteiger partial charge in [0.2, 0.25) is 0 Å². The first-order valence-corrected chi connectivity index (χ1v) is 24.9. The van der Waals surface area contributed by atoms with Crippen molar-refractivity contribution in [2.45, 2.75) is 111 Å². The van der Waals surface area contributed by atoms with Gasteiger partial charge in [0.05, 0.1) is 0 Å². The third kappa shape index (κ3) is 7.56. The van der Waals surface area contributed by atoms with Crippen LogP contribution in [0, 0.1) is 0 Å². The van der Waals surface area contributed by atoms with Gasteiger partial charge < -0.3 is 24.8 Å². The minimum Gasteiger partial charge on any atom is -1.00 e. The van der Waals surface area contributed by atoms with Crippen LogP contribution in [0.2, 0.25) is 36.3 Å². The van der Waals surface area contributed by atoms with Crippen molar-refractivity contribution >= 4 is 28.8 Å². The van der Waals surface area contributed by atoms with Crippen molar-refractivity contribution < 1.29 is 56.6 Å². The molecule has 2 aliphatic rings. The fourth-order valence-corrected chi connectivity index (χ4v) is 17.2. The van der Waals surface area contributed by atoms with Crippen LogP contribution < -0.4 is 24.8 Å². The van der Waals surface area contributed by atoms with Crippen molar-refractivity contribution in [2.75, 3.05) is 0 Å². The number of benzene rings is 2. The van der Waals surface area contributed by atoms with E-state index in [2.05, 4.69) is 128 Å². The van der Waals surface area contributed by atoms with E-state index in [-0.39, 0.29) is 34.9 Å². The third-order valence-electron chi connectivity index (χ3n) is 9.87. The largest absolute Gasteiger partial charge is 1.00 e. The molecule has 2 nitrogen and oxygen atoms in total. The summed E-state index contributed by atoms with van der Waals surface area (Å²) in [7, 11) is -3.98. The van der Waals surface area contributed by atoms with Crippen LogP contribution >= 0.6 is 0 Å². The molecule has 0 bridgehead atoms. The topological polar surface area (TPSA) is 18.5 Å². The van der Waals surface area contributed by atoms with Gasteiger partial charge in [-0.2, -0.15) is 0 Å². The second kappa shape index (κ2) is 14.0. The van der Waals surface area contributed by atoms with Crippen LogP contribution in [0.5, 0.6) is 0 Å². The van der Waals surface area contributed by atoms with E-state index >= 15 is 0 Å². The molecule has 0 radical (unpaired) electrons. The summed E-state index contributed by atoms with van der Waals surface area (Å²) in [5, 5.41) is 0.453. The van der Waals surface area contributed by atoms with E-state index < -0.39 is 39.5 Å². The predicted octanol–water partition coefficient (Wildman–Crippen LogP) is 4.87. The maximum Gasteiger partial charge on any atom is -1.00 e. The standard InChI is InChI=1S/2C17H25OSi.2ClH.Hf/c2*1-6-11-17(2,3)19(4,5)18-16-12-14-9-7-8-10-15(14)13-16;;;/h2*7-10,12-13H,6,11H2,1-5H3;2*1H;/q;;;;+2/p-2. The Bertz CT molecular complexity index is 1160. The molecule has 7 heteroatoms. The van der Waals surface area contributed by atoms with Crippen molar-refractivity contribution in [1.29, 1.82) is 0 Å². The normalized spacial score (nSPS) is 18.2. The van der Waals surface area contributed by atoms with E-state index in [1.807, 2.05) is 0 Å². The molecule has 0 fully saturated rings. The summed E-state index contributed by atoms with van der Waals surface area (Å²) in [6, 6.07) is 18.1. The number of hydrogen-bond donors (Lipinski definition) is 0. The molecule has 0 saturated carbocycles. The molecule has 0 saturated heterocycles. The van der Waals surface area contributed by atoms with E-state index in [4.69, 9.17) is 8.85 Å². The molecule has 41 heavy (non-hydrogen) atoms. The molecule has 0 aliphatic heterocycles. The van der Waals surface area contributed by atoms with Gasteiger partial charge in [-0.1, -0.05) is 0 Å². The summed E-state index contributed by atoms with van der Waals surface area (Å²) in [6.45, 7) is 24.0. The SMILES string of the molecule is CCCC(C)(C)[Si](C)(C)OC1=Cc2ccccc2[C@@H]1[Hf+2][C@H]1C(O[Si](C)(C)C(C)(C)CCC)=Cc2ccccc21.[Cl-].[Cl-]. The third-order valence-corrected chi connectivity index (χ3v) is 25.1. The predicted molar refractivity (Wildman–Crippen MR) is 169 cm³/mol. The van der Waals surface area contributed by atoms with E-state index in [1.165, 1.54) is 59.5 Å². The van der Waals surface area contributed by atoms with Crippen LogP contribution in [-0.2, 0) is 31.8 Å². The maximum atomic E-state index is 7.23. The second-order valence-corrected chi connectivity index (χ2v) is 28.4. The zero-order valence-electron chi connectivity index (χ0n) is 26.8. The Balaban J connectivity index is 0.00000294. The van der Waals surface area contributed by atoms with E-state index in [9.17, 15) is 0 Å². The van der Waals surface area contributed by atoms with E-state index in [0.29, 0.717) is 7.35 Å². The number of allylic oxidation sites excluding steroid dienone is 2. The molecule has 0 amide bonds. The van der Waals surface area contributed by atoms with Crippen LogP contribution in [-0.4, -0.2) is 16.6 Å². The average molecular weight is 796 g/mol. The molecule has 2 atom stereocenters. The zero-order valence-corrected chi connectivity index (χ0v) is 33.9. The van der Waals surface area contributed by atoms with Gasteiger partial charge in [0.15, 0.2) is 0 Å². The van der Waals surface area contributed by atoms with Crippen molar-refractivity contribution in [2.24, 2.45) is 0 Å². The first-order valence-electron chi connectivity index (χ1n) is 15.0. The Morgan fingerprint density at radius 3 is 1.32 bits per heavy atom. The summed E-state index contributed by atoms with van der Waals surface area (Å²) in [5.41, 5.74) is 5.69. The fourth-order valence-electron chi connectivity index (χ4n) is 6.00. The van der Waals surface area contributed by atoms with Crippen LogP contribution in [0.1, 0.15) is 96.8 Å². The van der Waals surface area contributed by atoms with E-state index in [0.717, 1.165) is 0 Å². The molecule has 0 spiro atoms. The summed E-state index contributed by atoms with van der Waals surface area (Å²) in [5.74, 6) is 2.51. The first kappa shape index (κ1) is 36.6. The quantitative estimate of drug-likeness (QED) is 0.286. The molecule has 4 rings (SSSR count). The molecule has 2 aromatic rings. The van der Waals surface area contributed by atoms with Crippen LogP contribution in [0.15, 0.2) is 60.0 Å². The molecule has 0 N–H and O–H groups in total. The molecule has 2 aliphatic carbocycles. The zero-order chi connectivity index (χ0) is 28.6. The maximum absolute atomic E-state index is 7.23. The first-order chi connectivity index (χ1) is 18.2.